The van der Waals surface area contributed by atoms with Crippen LogP contribution in [0.15, 0.2) is 17.0 Å². The van der Waals surface area contributed by atoms with Crippen molar-refractivity contribution < 1.29 is 9.26 Å². The van der Waals surface area contributed by atoms with Crippen LogP contribution >= 0.6 is 0 Å². The van der Waals surface area contributed by atoms with Crippen LogP contribution in [0, 0.1) is 7.11 Å². The maximum absolute atomic E-state index is 4.60. The van der Waals surface area contributed by atoms with Gasteiger partial charge in [0.05, 0.1) is 19.9 Å². The van der Waals surface area contributed by atoms with E-state index in [4.69, 9.17) is 0 Å². The molecule has 49 valence electrons. The fourth-order valence-corrected chi connectivity index (χ4v) is 0.540. The summed E-state index contributed by atoms with van der Waals surface area (Å²) in [5.74, 6) is 0. The van der Waals surface area contributed by atoms with Crippen LogP contribution in [0.5, 0.6) is 0 Å². The molecule has 9 heavy (non-hydrogen) atoms. The molecule has 1 rings (SSSR count). The summed E-state index contributed by atoms with van der Waals surface area (Å²) < 4.78 is 9.18. The molecule has 1 aromatic rings. The maximum Gasteiger partial charge on any atom is 0.127 e. The first-order valence-corrected chi connectivity index (χ1v) is 2.68. The summed E-state index contributed by atoms with van der Waals surface area (Å²) in [5.41, 5.74) is 1.04. The Hall–Kier alpha value is -0.830. The van der Waals surface area contributed by atoms with Crippen molar-refractivity contribution in [2.24, 2.45) is 0 Å². The van der Waals surface area contributed by atoms with Crippen LogP contribution in [-0.2, 0) is 11.2 Å². The Kier molecular flexibility index (Phi) is 2.27. The van der Waals surface area contributed by atoms with Crippen LogP contribution in [0.3, 0.4) is 0 Å². The van der Waals surface area contributed by atoms with Crippen LogP contribution in [0.4, 0.5) is 0 Å². The van der Waals surface area contributed by atoms with Crippen molar-refractivity contribution in [3.8, 4) is 0 Å². The Morgan fingerprint density at radius 2 is 2.67 bits per heavy atom. The third-order valence-corrected chi connectivity index (χ3v) is 1.02. The Morgan fingerprint density at radius 1 is 1.78 bits per heavy atom. The molecule has 3 heteroatoms. The number of hydrogen-bond acceptors (Lipinski definition) is 3. The van der Waals surface area contributed by atoms with E-state index in [9.17, 15) is 0 Å². The van der Waals surface area contributed by atoms with Gasteiger partial charge in [-0.2, -0.15) is 0 Å². The average molecular weight is 126 g/mol. The summed E-state index contributed by atoms with van der Waals surface area (Å²) >= 11 is 0. The van der Waals surface area contributed by atoms with Crippen molar-refractivity contribution in [2.45, 2.75) is 6.42 Å². The molecule has 0 amide bonds. The maximum atomic E-state index is 4.60. The highest BCUT2D eigenvalue weighted by Crippen LogP contribution is 1.96. The van der Waals surface area contributed by atoms with Crippen LogP contribution in [0.2, 0.25) is 0 Å². The Bertz CT molecular complexity index is 148. The second kappa shape index (κ2) is 3.25. The normalized spacial score (nSPS) is 9.89. The van der Waals surface area contributed by atoms with Gasteiger partial charge in [0.25, 0.3) is 0 Å². The highest BCUT2D eigenvalue weighted by atomic mass is 16.5. The summed E-state index contributed by atoms with van der Waals surface area (Å²) in [7, 11) is 3.23. The molecule has 0 aliphatic carbocycles. The minimum Gasteiger partial charge on any atom is -0.379 e. The molecular formula is C6H8NO2. The smallest absolute Gasteiger partial charge is 0.127 e. The molecule has 0 saturated carbocycles. The molecule has 1 heterocycles. The van der Waals surface area contributed by atoms with Crippen LogP contribution < -0.4 is 0 Å². The fourth-order valence-electron chi connectivity index (χ4n) is 0.540. The van der Waals surface area contributed by atoms with Crippen molar-refractivity contribution in [2.75, 3.05) is 6.61 Å². The highest BCUT2D eigenvalue weighted by molar-refractivity contribution is 4.99. The first-order chi connectivity index (χ1) is 4.43. The van der Waals surface area contributed by atoms with Crippen molar-refractivity contribution in [1.82, 2.24) is 5.16 Å². The van der Waals surface area contributed by atoms with E-state index in [1.54, 1.807) is 12.5 Å². The zero-order chi connectivity index (χ0) is 6.53. The van der Waals surface area contributed by atoms with Gasteiger partial charge in [0.2, 0.25) is 0 Å². The van der Waals surface area contributed by atoms with E-state index in [1.165, 1.54) is 0 Å². The third-order valence-electron chi connectivity index (χ3n) is 1.02. The fraction of sp³-hybridized carbons (Fsp3) is 0.333. The van der Waals surface area contributed by atoms with Gasteiger partial charge in [-0.15, -0.1) is 0 Å². The number of rotatable bonds is 3. The lowest BCUT2D eigenvalue weighted by Crippen LogP contribution is -1.90. The Balaban J connectivity index is 2.30. The number of ether oxygens (including phenoxy) is 1. The standard InChI is InChI=1S/C6H8NO2/c1-8-3-2-6-4-7-9-5-6/h4-5H,1-3H2. The molecule has 0 saturated heterocycles. The second-order valence-electron chi connectivity index (χ2n) is 1.69. The lowest BCUT2D eigenvalue weighted by Gasteiger charge is -1.90. The lowest BCUT2D eigenvalue weighted by molar-refractivity contribution is 0.246. The minimum absolute atomic E-state index is 0.612. The topological polar surface area (TPSA) is 35.3 Å². The Morgan fingerprint density at radius 3 is 3.22 bits per heavy atom. The summed E-state index contributed by atoms with van der Waals surface area (Å²) in [5, 5.41) is 3.52. The predicted octanol–water partition coefficient (Wildman–Crippen LogP) is 1.03. The van der Waals surface area contributed by atoms with Gasteiger partial charge in [0.1, 0.15) is 6.26 Å². The molecule has 0 bridgehead atoms. The molecule has 3 nitrogen and oxygen atoms in total. The van der Waals surface area contributed by atoms with E-state index in [1.807, 2.05) is 0 Å². The number of nitrogens with zero attached hydrogens (tertiary/aromatic N) is 1. The molecule has 0 spiro atoms. The second-order valence-corrected chi connectivity index (χ2v) is 1.69. The van der Waals surface area contributed by atoms with Gasteiger partial charge in [-0.1, -0.05) is 5.16 Å². The molecule has 0 aromatic carbocycles. The van der Waals surface area contributed by atoms with E-state index in [0.717, 1.165) is 12.0 Å². The quantitative estimate of drug-likeness (QED) is 0.606. The highest BCUT2D eigenvalue weighted by Gasteiger charge is 1.92. The number of aromatic nitrogens is 1. The van der Waals surface area contributed by atoms with Gasteiger partial charge >= 0.3 is 0 Å². The summed E-state index contributed by atoms with van der Waals surface area (Å²) in [6.07, 6.45) is 4.07. The largest absolute Gasteiger partial charge is 0.379 e. The summed E-state index contributed by atoms with van der Waals surface area (Å²) in [6.45, 7) is 0.612. The predicted molar refractivity (Wildman–Crippen MR) is 31.5 cm³/mol. The van der Waals surface area contributed by atoms with Crippen molar-refractivity contribution >= 4 is 0 Å². The van der Waals surface area contributed by atoms with E-state index in [0.29, 0.717) is 6.61 Å². The van der Waals surface area contributed by atoms with Gasteiger partial charge in [0, 0.05) is 12.0 Å². The van der Waals surface area contributed by atoms with Crippen LogP contribution in [0.1, 0.15) is 5.56 Å². The van der Waals surface area contributed by atoms with Crippen molar-refractivity contribution in [3.05, 3.63) is 25.1 Å². The molecule has 1 aromatic heterocycles. The van der Waals surface area contributed by atoms with E-state index in [2.05, 4.69) is 21.5 Å². The zero-order valence-corrected chi connectivity index (χ0v) is 5.04. The Labute approximate surface area is 53.6 Å². The van der Waals surface area contributed by atoms with Crippen molar-refractivity contribution in [3.63, 3.8) is 0 Å². The van der Waals surface area contributed by atoms with E-state index in [-0.39, 0.29) is 0 Å². The third kappa shape index (κ3) is 1.85. The van der Waals surface area contributed by atoms with Crippen LogP contribution in [-0.4, -0.2) is 11.8 Å². The van der Waals surface area contributed by atoms with Gasteiger partial charge < -0.3 is 9.26 Å². The van der Waals surface area contributed by atoms with Gasteiger partial charge in [-0.05, 0) is 0 Å². The molecule has 0 aliphatic heterocycles. The monoisotopic (exact) mass is 126 g/mol. The first kappa shape index (κ1) is 6.29. The minimum atomic E-state index is 0.612. The summed E-state index contributed by atoms with van der Waals surface area (Å²) in [6, 6.07) is 0. The van der Waals surface area contributed by atoms with Gasteiger partial charge in [-0.25, -0.2) is 0 Å². The average Bonchev–Trinajstić information content (AvgIpc) is 2.34. The summed E-state index contributed by atoms with van der Waals surface area (Å²) in [4.78, 5) is 0. The zero-order valence-electron chi connectivity index (χ0n) is 5.04. The molecule has 0 fully saturated rings. The lowest BCUT2D eigenvalue weighted by atomic mass is 10.3. The molecular weight excluding hydrogens is 118 g/mol. The molecule has 0 aliphatic rings. The van der Waals surface area contributed by atoms with E-state index < -0.39 is 0 Å². The molecule has 0 atom stereocenters. The molecule has 1 radical (unpaired) electrons. The molecule has 0 unspecified atom stereocenters. The van der Waals surface area contributed by atoms with Gasteiger partial charge in [-0.3, -0.25) is 0 Å². The molecule has 0 N–H and O–H groups in total. The van der Waals surface area contributed by atoms with Crippen molar-refractivity contribution in [1.29, 1.82) is 0 Å². The first-order valence-electron chi connectivity index (χ1n) is 2.68. The number of hydrogen-bond donors (Lipinski definition) is 0. The van der Waals surface area contributed by atoms with Gasteiger partial charge in [0.15, 0.2) is 0 Å². The SMILES string of the molecule is [CH2]OCCc1cnoc1. The van der Waals surface area contributed by atoms with E-state index >= 15 is 0 Å². The van der Waals surface area contributed by atoms with Crippen LogP contribution in [0.25, 0.3) is 0 Å².